The zero-order valence-corrected chi connectivity index (χ0v) is 21.4. The molecular weight excluding hydrogens is 512 g/mol. The number of Topliss-reactive ketones (excluding diaryl/α,β-unsaturated/α-hetero) is 1. The highest BCUT2D eigenvalue weighted by atomic mass is 32.2. The van der Waals surface area contributed by atoms with Crippen molar-refractivity contribution in [2.75, 3.05) is 44.2 Å². The van der Waals surface area contributed by atoms with Crippen molar-refractivity contribution in [1.82, 2.24) is 4.90 Å². The number of thioether (sulfide) groups is 1. The van der Waals surface area contributed by atoms with E-state index in [1.165, 1.54) is 54.2 Å². The van der Waals surface area contributed by atoms with Crippen molar-refractivity contribution in [3.8, 4) is 0 Å². The maximum absolute atomic E-state index is 13.4. The van der Waals surface area contributed by atoms with Gasteiger partial charge in [0, 0.05) is 50.1 Å². The Balaban J connectivity index is 1.62. The molecule has 1 saturated heterocycles. The van der Waals surface area contributed by atoms with Crippen LogP contribution in [-0.4, -0.2) is 60.0 Å². The summed E-state index contributed by atoms with van der Waals surface area (Å²) in [4.78, 5) is 29.2. The maximum Gasteiger partial charge on any atom is 0.293 e. The zero-order valence-electron chi connectivity index (χ0n) is 20.6. The first-order valence-electron chi connectivity index (χ1n) is 12.1. The average molecular weight is 540 g/mol. The summed E-state index contributed by atoms with van der Waals surface area (Å²) in [5.74, 6) is -0.797. The van der Waals surface area contributed by atoms with Crippen LogP contribution in [0.5, 0.6) is 0 Å². The van der Waals surface area contributed by atoms with Crippen LogP contribution in [-0.2, 0) is 5.75 Å². The van der Waals surface area contributed by atoms with Crippen LogP contribution in [0.2, 0.25) is 0 Å². The number of halogens is 2. The van der Waals surface area contributed by atoms with Crippen LogP contribution in [0.15, 0.2) is 71.6 Å². The molecule has 1 aliphatic heterocycles. The fourth-order valence-corrected chi connectivity index (χ4v) is 5.19. The fraction of sp³-hybridized carbons (Fsp3) is 0.250. The molecule has 10 heteroatoms. The van der Waals surface area contributed by atoms with Crippen LogP contribution in [0.1, 0.15) is 21.5 Å². The highest BCUT2D eigenvalue weighted by molar-refractivity contribution is 8.03. The molecule has 0 unspecified atom stereocenters. The summed E-state index contributed by atoms with van der Waals surface area (Å²) in [7, 11) is 0. The number of aliphatic hydroxyl groups is 1. The van der Waals surface area contributed by atoms with Gasteiger partial charge in [-0.2, -0.15) is 0 Å². The molecule has 0 spiro atoms. The van der Waals surface area contributed by atoms with Gasteiger partial charge < -0.3 is 10.0 Å². The third-order valence-electron chi connectivity index (χ3n) is 6.26. The molecule has 0 amide bonds. The van der Waals surface area contributed by atoms with Gasteiger partial charge in [0.2, 0.25) is 0 Å². The number of rotatable bonds is 10. The fourth-order valence-electron chi connectivity index (χ4n) is 4.21. The summed E-state index contributed by atoms with van der Waals surface area (Å²) in [6.45, 7) is 3.21. The number of anilines is 1. The van der Waals surface area contributed by atoms with Gasteiger partial charge in [0.1, 0.15) is 17.3 Å². The van der Waals surface area contributed by atoms with E-state index in [2.05, 4.69) is 4.90 Å². The number of benzene rings is 3. The zero-order chi connectivity index (χ0) is 27.1. The van der Waals surface area contributed by atoms with Crippen molar-refractivity contribution in [1.29, 1.82) is 0 Å². The Kier molecular flexibility index (Phi) is 9.22. The van der Waals surface area contributed by atoms with Crippen molar-refractivity contribution >= 4 is 35.0 Å². The first kappa shape index (κ1) is 27.4. The molecule has 7 nitrogen and oxygen atoms in total. The van der Waals surface area contributed by atoms with E-state index >= 15 is 0 Å². The van der Waals surface area contributed by atoms with Crippen LogP contribution in [0.3, 0.4) is 0 Å². The number of allylic oxidation sites excluding steroid dienone is 1. The van der Waals surface area contributed by atoms with E-state index in [-0.39, 0.29) is 29.5 Å². The number of nitro benzene ring substituents is 1. The molecular formula is C28H27F2N3O4S. The topological polar surface area (TPSA) is 86.9 Å². The largest absolute Gasteiger partial charge is 0.395 e. The van der Waals surface area contributed by atoms with E-state index in [1.54, 1.807) is 30.3 Å². The lowest BCUT2D eigenvalue weighted by atomic mass is 10.1. The number of aliphatic hydroxyl groups excluding tert-OH is 1. The van der Waals surface area contributed by atoms with Crippen molar-refractivity contribution in [3.05, 3.63) is 110 Å². The molecule has 198 valence electrons. The van der Waals surface area contributed by atoms with Gasteiger partial charge >= 0.3 is 0 Å². The number of hydrogen-bond donors (Lipinski definition) is 1. The molecule has 1 fully saturated rings. The second-order valence-corrected chi connectivity index (χ2v) is 9.83. The van der Waals surface area contributed by atoms with E-state index in [4.69, 9.17) is 5.11 Å². The van der Waals surface area contributed by atoms with E-state index in [1.807, 2.05) is 4.90 Å². The molecule has 0 aromatic heterocycles. The second-order valence-electron chi connectivity index (χ2n) is 8.82. The normalized spacial score (nSPS) is 14.5. The Hall–Kier alpha value is -3.60. The summed E-state index contributed by atoms with van der Waals surface area (Å²) < 4.78 is 26.7. The third kappa shape index (κ3) is 7.03. The van der Waals surface area contributed by atoms with Crippen molar-refractivity contribution in [2.24, 2.45) is 0 Å². The van der Waals surface area contributed by atoms with E-state index in [0.29, 0.717) is 54.6 Å². The number of ketones is 1. The number of carbonyl (C=O) groups is 1. The lowest BCUT2D eigenvalue weighted by Gasteiger charge is -2.35. The number of nitrogens with zero attached hydrogens (tertiary/aromatic N) is 3. The molecule has 0 bridgehead atoms. The first-order chi connectivity index (χ1) is 18.3. The second kappa shape index (κ2) is 12.8. The van der Waals surface area contributed by atoms with Crippen molar-refractivity contribution in [3.63, 3.8) is 0 Å². The summed E-state index contributed by atoms with van der Waals surface area (Å²) >= 11 is 1.22. The summed E-state index contributed by atoms with van der Waals surface area (Å²) in [5, 5.41) is 21.1. The molecule has 38 heavy (non-hydrogen) atoms. The molecule has 0 atom stereocenters. The van der Waals surface area contributed by atoms with Gasteiger partial charge in [-0.15, -0.1) is 11.8 Å². The Morgan fingerprint density at radius 2 is 1.61 bits per heavy atom. The Labute approximate surface area is 223 Å². The summed E-state index contributed by atoms with van der Waals surface area (Å²) in [5.41, 5.74) is 2.01. The maximum atomic E-state index is 13.4. The van der Waals surface area contributed by atoms with E-state index < -0.39 is 10.7 Å². The Morgan fingerprint density at radius 3 is 2.21 bits per heavy atom. The molecule has 1 N–H and O–H groups in total. The van der Waals surface area contributed by atoms with Crippen LogP contribution >= 0.6 is 11.8 Å². The van der Waals surface area contributed by atoms with Gasteiger partial charge in [0.25, 0.3) is 5.69 Å². The monoisotopic (exact) mass is 539 g/mol. The highest BCUT2D eigenvalue weighted by Crippen LogP contribution is 2.33. The first-order valence-corrected chi connectivity index (χ1v) is 13.1. The molecule has 1 aliphatic rings. The molecule has 1 heterocycles. The van der Waals surface area contributed by atoms with Crippen LogP contribution < -0.4 is 4.90 Å². The standard InChI is InChI=1S/C28H27F2N3O4S/c29-23-6-1-20(2-7-23)19-38-27(28(35)22-4-8-24(30)9-5-22)18-21-3-10-25(26(17-21)33(36)37)32-13-11-31(12-14-32)15-16-34/h1-10,17-18,34H,11-16,19H2. The number of β-amino-alcohol motifs (C(OH)–C–C–N with tert-alkyl or cyclic N) is 1. The molecule has 4 rings (SSSR count). The van der Waals surface area contributed by atoms with Gasteiger partial charge in [0.15, 0.2) is 5.78 Å². The molecule has 0 radical (unpaired) electrons. The Morgan fingerprint density at radius 1 is 0.974 bits per heavy atom. The predicted molar refractivity (Wildman–Crippen MR) is 145 cm³/mol. The number of nitro groups is 1. The lowest BCUT2D eigenvalue weighted by molar-refractivity contribution is -0.384. The van der Waals surface area contributed by atoms with Crippen molar-refractivity contribution in [2.45, 2.75) is 5.75 Å². The van der Waals surface area contributed by atoms with E-state index in [0.717, 1.165) is 5.56 Å². The van der Waals surface area contributed by atoms with Gasteiger partial charge in [0.05, 0.1) is 16.4 Å². The number of carbonyl (C=O) groups excluding carboxylic acids is 1. The third-order valence-corrected chi connectivity index (χ3v) is 7.35. The number of hydrogen-bond acceptors (Lipinski definition) is 7. The van der Waals surface area contributed by atoms with E-state index in [9.17, 15) is 23.7 Å². The predicted octanol–water partition coefficient (Wildman–Crippen LogP) is 5.14. The minimum Gasteiger partial charge on any atom is -0.395 e. The Bertz CT molecular complexity index is 1310. The minimum absolute atomic E-state index is 0.0635. The molecule has 0 saturated carbocycles. The number of piperazine rings is 1. The van der Waals surface area contributed by atoms with Crippen LogP contribution in [0.25, 0.3) is 6.08 Å². The van der Waals surface area contributed by atoms with Gasteiger partial charge in [-0.3, -0.25) is 19.8 Å². The van der Waals surface area contributed by atoms with Gasteiger partial charge in [-0.1, -0.05) is 18.2 Å². The van der Waals surface area contributed by atoms with Crippen LogP contribution in [0, 0.1) is 21.7 Å². The summed E-state index contributed by atoms with van der Waals surface area (Å²) in [6, 6.07) is 16.0. The SMILES string of the molecule is O=C(C(=Cc1ccc(N2CCN(CCO)CC2)c([N+](=O)[O-])c1)SCc1ccc(F)cc1)c1ccc(F)cc1. The molecule has 0 aliphatic carbocycles. The highest BCUT2D eigenvalue weighted by Gasteiger charge is 2.24. The lowest BCUT2D eigenvalue weighted by Crippen LogP contribution is -2.47. The van der Waals surface area contributed by atoms with Crippen molar-refractivity contribution < 1.29 is 23.6 Å². The molecule has 3 aromatic rings. The summed E-state index contributed by atoms with van der Waals surface area (Å²) in [6.07, 6.45) is 1.59. The quantitative estimate of drug-likeness (QED) is 0.165. The van der Waals surface area contributed by atoms with Gasteiger partial charge in [-0.25, -0.2) is 8.78 Å². The molecule has 3 aromatic carbocycles. The average Bonchev–Trinajstić information content (AvgIpc) is 2.92. The smallest absolute Gasteiger partial charge is 0.293 e. The minimum atomic E-state index is -0.463. The van der Waals surface area contributed by atoms with Crippen LogP contribution in [0.4, 0.5) is 20.2 Å². The van der Waals surface area contributed by atoms with Gasteiger partial charge in [-0.05, 0) is 59.7 Å².